The quantitative estimate of drug-likeness (QED) is 0.358. The number of rotatable bonds is 10. The summed E-state index contributed by atoms with van der Waals surface area (Å²) in [7, 11) is 1.73. The van der Waals surface area contributed by atoms with Crippen molar-refractivity contribution in [2.75, 3.05) is 46.4 Å². The molecule has 19 heavy (non-hydrogen) atoms. The summed E-state index contributed by atoms with van der Waals surface area (Å²) in [6, 6.07) is 0.476. The van der Waals surface area contributed by atoms with Crippen LogP contribution in [0, 0.1) is 0 Å². The van der Waals surface area contributed by atoms with Crippen molar-refractivity contribution in [3.05, 3.63) is 0 Å². The second-order valence-corrected chi connectivity index (χ2v) is 4.56. The van der Waals surface area contributed by atoms with Gasteiger partial charge in [0.25, 0.3) is 0 Å². The fraction of sp³-hybridized carbons (Fsp3) is 0.929. The zero-order chi connectivity index (χ0) is 14.5. The van der Waals surface area contributed by atoms with Crippen LogP contribution in [0.25, 0.3) is 0 Å². The van der Waals surface area contributed by atoms with Gasteiger partial charge in [-0.1, -0.05) is 13.8 Å². The molecule has 0 spiro atoms. The number of ether oxygens (including phenoxy) is 1. The van der Waals surface area contributed by atoms with Crippen molar-refractivity contribution in [3.63, 3.8) is 0 Å². The highest BCUT2D eigenvalue weighted by molar-refractivity contribution is 5.79. The number of guanidine groups is 1. The molecule has 0 radical (unpaired) electrons. The minimum absolute atomic E-state index is 0.476. The predicted molar refractivity (Wildman–Crippen MR) is 82.9 cm³/mol. The van der Waals surface area contributed by atoms with Crippen LogP contribution < -0.4 is 10.6 Å². The number of hydrogen-bond acceptors (Lipinski definition) is 3. The molecular formula is C14H32N4O. The van der Waals surface area contributed by atoms with Crippen LogP contribution in [0.15, 0.2) is 4.99 Å². The number of likely N-dealkylation sites (N-methyl/N-ethyl adjacent to an activating group) is 1. The summed E-state index contributed by atoms with van der Waals surface area (Å²) in [4.78, 5) is 7.05. The zero-order valence-corrected chi connectivity index (χ0v) is 13.3. The summed E-state index contributed by atoms with van der Waals surface area (Å²) in [5, 5.41) is 6.60. The minimum atomic E-state index is 0.476. The van der Waals surface area contributed by atoms with Gasteiger partial charge in [0, 0.05) is 32.8 Å². The fourth-order valence-electron chi connectivity index (χ4n) is 1.95. The van der Waals surface area contributed by atoms with Crippen LogP contribution in [0.2, 0.25) is 0 Å². The summed E-state index contributed by atoms with van der Waals surface area (Å²) >= 11 is 0. The maximum absolute atomic E-state index is 5.04. The van der Waals surface area contributed by atoms with Crippen LogP contribution >= 0.6 is 0 Å². The van der Waals surface area contributed by atoms with E-state index in [2.05, 4.69) is 48.2 Å². The lowest BCUT2D eigenvalue weighted by molar-refractivity contribution is 0.195. The first kappa shape index (κ1) is 18.2. The Kier molecular flexibility index (Phi) is 11.7. The molecular weight excluding hydrogens is 240 g/mol. The second kappa shape index (κ2) is 12.2. The Morgan fingerprint density at radius 3 is 2.42 bits per heavy atom. The largest absolute Gasteiger partial charge is 0.385 e. The smallest absolute Gasteiger partial charge is 0.191 e. The van der Waals surface area contributed by atoms with Gasteiger partial charge in [0.15, 0.2) is 5.96 Å². The van der Waals surface area contributed by atoms with Crippen LogP contribution in [-0.4, -0.2) is 63.3 Å². The third kappa shape index (κ3) is 8.83. The third-order valence-electron chi connectivity index (χ3n) is 3.11. The molecule has 0 aliphatic heterocycles. The normalized spacial score (nSPS) is 13.7. The van der Waals surface area contributed by atoms with E-state index < -0.39 is 0 Å². The van der Waals surface area contributed by atoms with Crippen molar-refractivity contribution in [1.29, 1.82) is 0 Å². The van der Waals surface area contributed by atoms with E-state index in [0.717, 1.165) is 51.7 Å². The SMILES string of the molecule is CCNC(=NCC(C)N(CC)CC)NCCCOC. The van der Waals surface area contributed by atoms with E-state index in [9.17, 15) is 0 Å². The zero-order valence-electron chi connectivity index (χ0n) is 13.3. The first-order chi connectivity index (χ1) is 9.19. The van der Waals surface area contributed by atoms with Gasteiger partial charge < -0.3 is 15.4 Å². The number of hydrogen-bond donors (Lipinski definition) is 2. The molecule has 0 aliphatic carbocycles. The Balaban J connectivity index is 4.16. The van der Waals surface area contributed by atoms with Crippen molar-refractivity contribution >= 4 is 5.96 Å². The molecule has 0 bridgehead atoms. The standard InChI is InChI=1S/C14H32N4O/c1-6-15-14(16-10-9-11-19-5)17-12-13(4)18(7-2)8-3/h13H,6-12H2,1-5H3,(H2,15,16,17). The molecule has 5 nitrogen and oxygen atoms in total. The lowest BCUT2D eigenvalue weighted by atomic mass is 10.3. The van der Waals surface area contributed by atoms with Gasteiger partial charge in [-0.3, -0.25) is 9.89 Å². The van der Waals surface area contributed by atoms with Crippen LogP contribution in [0.4, 0.5) is 0 Å². The number of nitrogens with zero attached hydrogens (tertiary/aromatic N) is 2. The average Bonchev–Trinajstić information content (AvgIpc) is 2.42. The third-order valence-corrected chi connectivity index (χ3v) is 3.11. The van der Waals surface area contributed by atoms with Crippen LogP contribution in [0.5, 0.6) is 0 Å². The van der Waals surface area contributed by atoms with Gasteiger partial charge >= 0.3 is 0 Å². The molecule has 0 amide bonds. The van der Waals surface area contributed by atoms with Crippen LogP contribution in [0.3, 0.4) is 0 Å². The average molecular weight is 272 g/mol. The summed E-state index contributed by atoms with van der Waals surface area (Å²) in [6.07, 6.45) is 0.993. The molecule has 1 unspecified atom stereocenters. The molecule has 2 N–H and O–H groups in total. The molecule has 0 fully saturated rings. The molecule has 5 heteroatoms. The van der Waals surface area contributed by atoms with Crippen molar-refractivity contribution in [1.82, 2.24) is 15.5 Å². The van der Waals surface area contributed by atoms with Crippen molar-refractivity contribution < 1.29 is 4.74 Å². The van der Waals surface area contributed by atoms with E-state index in [1.54, 1.807) is 7.11 Å². The Bertz CT molecular complexity index is 229. The van der Waals surface area contributed by atoms with E-state index in [1.807, 2.05) is 0 Å². The van der Waals surface area contributed by atoms with Crippen LogP contribution in [0.1, 0.15) is 34.1 Å². The Morgan fingerprint density at radius 2 is 1.89 bits per heavy atom. The van der Waals surface area contributed by atoms with Gasteiger partial charge in [0.05, 0.1) is 6.54 Å². The molecule has 0 saturated carbocycles. The first-order valence-electron chi connectivity index (χ1n) is 7.44. The molecule has 0 aromatic carbocycles. The fourth-order valence-corrected chi connectivity index (χ4v) is 1.95. The minimum Gasteiger partial charge on any atom is -0.385 e. The highest BCUT2D eigenvalue weighted by Crippen LogP contribution is 1.98. The molecule has 0 aliphatic rings. The molecule has 0 saturated heterocycles. The molecule has 0 aromatic heterocycles. The molecule has 0 rings (SSSR count). The maximum atomic E-state index is 5.04. The highest BCUT2D eigenvalue weighted by Gasteiger charge is 2.09. The molecule has 0 heterocycles. The van der Waals surface area contributed by atoms with Gasteiger partial charge in [-0.15, -0.1) is 0 Å². The van der Waals surface area contributed by atoms with Crippen molar-refractivity contribution in [2.45, 2.75) is 40.2 Å². The molecule has 0 aromatic rings. The van der Waals surface area contributed by atoms with E-state index in [4.69, 9.17) is 4.74 Å². The van der Waals surface area contributed by atoms with Gasteiger partial charge in [-0.05, 0) is 33.4 Å². The lowest BCUT2D eigenvalue weighted by Crippen LogP contribution is -2.40. The monoisotopic (exact) mass is 272 g/mol. The summed E-state index contributed by atoms with van der Waals surface area (Å²) < 4.78 is 5.04. The Morgan fingerprint density at radius 1 is 1.21 bits per heavy atom. The first-order valence-corrected chi connectivity index (χ1v) is 7.44. The van der Waals surface area contributed by atoms with Gasteiger partial charge in [0.2, 0.25) is 0 Å². The van der Waals surface area contributed by atoms with E-state index in [1.165, 1.54) is 0 Å². The lowest BCUT2D eigenvalue weighted by Gasteiger charge is -2.25. The Labute approximate surface area is 118 Å². The second-order valence-electron chi connectivity index (χ2n) is 4.56. The predicted octanol–water partition coefficient (Wildman–Crippen LogP) is 1.31. The molecule has 1 atom stereocenters. The number of methoxy groups -OCH3 is 1. The van der Waals surface area contributed by atoms with Crippen molar-refractivity contribution in [3.8, 4) is 0 Å². The topological polar surface area (TPSA) is 48.9 Å². The van der Waals surface area contributed by atoms with Crippen molar-refractivity contribution in [2.24, 2.45) is 4.99 Å². The maximum Gasteiger partial charge on any atom is 0.191 e. The molecule has 114 valence electrons. The van der Waals surface area contributed by atoms with Gasteiger partial charge in [-0.25, -0.2) is 0 Å². The number of nitrogens with one attached hydrogen (secondary N) is 2. The van der Waals surface area contributed by atoms with Crippen LogP contribution in [-0.2, 0) is 4.74 Å². The van der Waals surface area contributed by atoms with Gasteiger partial charge in [0.1, 0.15) is 0 Å². The van der Waals surface area contributed by atoms with E-state index >= 15 is 0 Å². The highest BCUT2D eigenvalue weighted by atomic mass is 16.5. The van der Waals surface area contributed by atoms with E-state index in [0.29, 0.717) is 6.04 Å². The summed E-state index contributed by atoms with van der Waals surface area (Å²) in [6.45, 7) is 14.2. The number of aliphatic imine (C=N–C) groups is 1. The van der Waals surface area contributed by atoms with E-state index in [-0.39, 0.29) is 0 Å². The summed E-state index contributed by atoms with van der Waals surface area (Å²) in [5.41, 5.74) is 0. The van der Waals surface area contributed by atoms with Gasteiger partial charge in [-0.2, -0.15) is 0 Å². The summed E-state index contributed by atoms with van der Waals surface area (Å²) in [5.74, 6) is 0.901. The Hall–Kier alpha value is -0.810.